The Balaban J connectivity index is 1.09. The molecule has 0 saturated carbocycles. The van der Waals surface area contributed by atoms with E-state index in [4.69, 9.17) is 23.2 Å². The van der Waals surface area contributed by atoms with Crippen LogP contribution >= 0.6 is 35.0 Å². The molecule has 0 spiro atoms. The second kappa shape index (κ2) is 14.7. The summed E-state index contributed by atoms with van der Waals surface area (Å²) in [5.74, 6) is 1.83. The average molecular weight is 607 g/mol. The van der Waals surface area contributed by atoms with Crippen molar-refractivity contribution in [2.24, 2.45) is 0 Å². The number of nitrogens with zero attached hydrogens (tertiary/aromatic N) is 5. The lowest BCUT2D eigenvalue weighted by atomic mass is 10.2. The maximum atomic E-state index is 12.8. The number of aromatic nitrogens is 3. The van der Waals surface area contributed by atoms with Crippen molar-refractivity contribution in [2.45, 2.75) is 24.4 Å². The molecule has 9 heteroatoms. The van der Waals surface area contributed by atoms with Crippen molar-refractivity contribution in [3.8, 4) is 17.1 Å². The van der Waals surface area contributed by atoms with Crippen molar-refractivity contribution in [2.75, 3.05) is 38.5 Å². The normalized spacial score (nSPS) is 14.1. The Kier molecular flexibility index (Phi) is 10.5. The maximum Gasteiger partial charge on any atom is 0.222 e. The summed E-state index contributed by atoms with van der Waals surface area (Å²) in [7, 11) is 0. The highest BCUT2D eigenvalue weighted by Gasteiger charge is 2.20. The zero-order chi connectivity index (χ0) is 28.4. The number of benzene rings is 3. The fraction of sp³-hybridized carbons (Fsp3) is 0.281. The van der Waals surface area contributed by atoms with Gasteiger partial charge in [0.2, 0.25) is 5.91 Å². The van der Waals surface area contributed by atoms with E-state index in [9.17, 15) is 4.79 Å². The SMILES string of the molecule is O=C(CCCCSc1nnc(-c2ccccc2)n1-c1ccc(Cl)c(Cl)c1)N1CCN(CC=Cc2ccccc2)CC1. The van der Waals surface area contributed by atoms with E-state index in [-0.39, 0.29) is 5.91 Å². The average Bonchev–Trinajstić information content (AvgIpc) is 3.43. The summed E-state index contributed by atoms with van der Waals surface area (Å²) >= 11 is 14.1. The van der Waals surface area contributed by atoms with Crippen LogP contribution in [0.15, 0.2) is 90.1 Å². The fourth-order valence-corrected chi connectivity index (χ4v) is 6.02. The molecule has 1 amide bonds. The first-order chi connectivity index (χ1) is 20.1. The van der Waals surface area contributed by atoms with Crippen molar-refractivity contribution in [1.29, 1.82) is 0 Å². The smallest absolute Gasteiger partial charge is 0.222 e. The minimum absolute atomic E-state index is 0.250. The molecule has 0 N–H and O–H groups in total. The third-order valence-corrected chi connectivity index (χ3v) is 8.80. The summed E-state index contributed by atoms with van der Waals surface area (Å²) in [6.07, 6.45) is 6.69. The van der Waals surface area contributed by atoms with Gasteiger partial charge < -0.3 is 4.90 Å². The predicted molar refractivity (Wildman–Crippen MR) is 170 cm³/mol. The lowest BCUT2D eigenvalue weighted by molar-refractivity contribution is -0.132. The second-order valence-electron chi connectivity index (χ2n) is 9.91. The Morgan fingerprint density at radius 2 is 1.59 bits per heavy atom. The number of hydrogen-bond acceptors (Lipinski definition) is 5. The molecule has 1 aliphatic rings. The largest absolute Gasteiger partial charge is 0.340 e. The topological polar surface area (TPSA) is 54.3 Å². The molecule has 1 fully saturated rings. The van der Waals surface area contributed by atoms with E-state index in [0.717, 1.165) is 73.5 Å². The van der Waals surface area contributed by atoms with Crippen LogP contribution in [0.1, 0.15) is 24.8 Å². The van der Waals surface area contributed by atoms with Crippen molar-refractivity contribution in [3.05, 3.63) is 101 Å². The van der Waals surface area contributed by atoms with E-state index >= 15 is 0 Å². The number of piperazine rings is 1. The molecule has 0 aliphatic carbocycles. The molecule has 0 atom stereocenters. The maximum absolute atomic E-state index is 12.8. The first kappa shape index (κ1) is 29.4. The van der Waals surface area contributed by atoms with Gasteiger partial charge in [-0.1, -0.05) is 108 Å². The van der Waals surface area contributed by atoms with Crippen molar-refractivity contribution < 1.29 is 4.79 Å². The molecule has 4 aromatic rings. The van der Waals surface area contributed by atoms with Gasteiger partial charge >= 0.3 is 0 Å². The Morgan fingerprint density at radius 1 is 0.854 bits per heavy atom. The molecule has 5 rings (SSSR count). The van der Waals surface area contributed by atoms with Gasteiger partial charge in [-0.2, -0.15) is 0 Å². The molecular weight excluding hydrogens is 573 g/mol. The third-order valence-electron chi connectivity index (χ3n) is 7.04. The van der Waals surface area contributed by atoms with E-state index < -0.39 is 0 Å². The molecule has 41 heavy (non-hydrogen) atoms. The summed E-state index contributed by atoms with van der Waals surface area (Å²) in [6.45, 7) is 4.32. The monoisotopic (exact) mass is 605 g/mol. The number of rotatable bonds is 11. The zero-order valence-corrected chi connectivity index (χ0v) is 25.2. The molecule has 2 heterocycles. The van der Waals surface area contributed by atoms with Crippen molar-refractivity contribution in [1.82, 2.24) is 24.6 Å². The van der Waals surface area contributed by atoms with E-state index in [0.29, 0.717) is 16.5 Å². The quantitative estimate of drug-likeness (QED) is 0.132. The summed E-state index contributed by atoms with van der Waals surface area (Å²) < 4.78 is 2.02. The zero-order valence-electron chi connectivity index (χ0n) is 22.8. The number of unbranched alkanes of at least 4 members (excludes halogenated alkanes) is 1. The number of hydrogen-bond donors (Lipinski definition) is 0. The Bertz CT molecular complexity index is 1450. The van der Waals surface area contributed by atoms with Crippen LogP contribution in [0.5, 0.6) is 0 Å². The first-order valence-electron chi connectivity index (χ1n) is 13.9. The highest BCUT2D eigenvalue weighted by molar-refractivity contribution is 7.99. The Morgan fingerprint density at radius 3 is 2.32 bits per heavy atom. The number of carbonyl (C=O) groups excluding carboxylic acids is 1. The molecule has 0 unspecified atom stereocenters. The van der Waals surface area contributed by atoms with Crippen LogP contribution in [-0.4, -0.2) is 68.9 Å². The number of thioether (sulfide) groups is 1. The van der Waals surface area contributed by atoms with Crippen molar-refractivity contribution in [3.63, 3.8) is 0 Å². The van der Waals surface area contributed by atoms with E-state index in [1.807, 2.05) is 70.1 Å². The molecule has 1 aliphatic heterocycles. The van der Waals surface area contributed by atoms with E-state index in [2.05, 4.69) is 39.4 Å². The molecule has 1 saturated heterocycles. The van der Waals surface area contributed by atoms with Gasteiger partial charge in [0.1, 0.15) is 0 Å². The number of amides is 1. The van der Waals surface area contributed by atoms with Gasteiger partial charge in [-0.25, -0.2) is 0 Å². The van der Waals surface area contributed by atoms with Gasteiger partial charge in [-0.05, 0) is 36.6 Å². The Hall–Kier alpha value is -3.10. The lowest BCUT2D eigenvalue weighted by Crippen LogP contribution is -2.48. The van der Waals surface area contributed by atoms with Gasteiger partial charge in [0.15, 0.2) is 11.0 Å². The van der Waals surface area contributed by atoms with Gasteiger partial charge in [-0.15, -0.1) is 10.2 Å². The molecule has 212 valence electrons. The van der Waals surface area contributed by atoms with Crippen LogP contribution in [0.25, 0.3) is 23.2 Å². The van der Waals surface area contributed by atoms with Gasteiger partial charge in [0, 0.05) is 50.5 Å². The molecule has 0 radical (unpaired) electrons. The number of carbonyl (C=O) groups is 1. The highest BCUT2D eigenvalue weighted by Crippen LogP contribution is 2.31. The Labute approximate surface area is 256 Å². The molecule has 1 aromatic heterocycles. The van der Waals surface area contributed by atoms with Gasteiger partial charge in [-0.3, -0.25) is 14.3 Å². The van der Waals surface area contributed by atoms with E-state index in [1.165, 1.54) is 5.56 Å². The summed E-state index contributed by atoms with van der Waals surface area (Å²) in [5.41, 5.74) is 3.04. The van der Waals surface area contributed by atoms with Crippen LogP contribution in [0.2, 0.25) is 10.0 Å². The van der Waals surface area contributed by atoms with Crippen LogP contribution in [0, 0.1) is 0 Å². The minimum Gasteiger partial charge on any atom is -0.340 e. The van der Waals surface area contributed by atoms with Crippen molar-refractivity contribution >= 4 is 46.9 Å². The first-order valence-corrected chi connectivity index (χ1v) is 15.6. The van der Waals surface area contributed by atoms with Crippen LogP contribution in [-0.2, 0) is 4.79 Å². The van der Waals surface area contributed by atoms with Gasteiger partial charge in [0.05, 0.1) is 15.7 Å². The van der Waals surface area contributed by atoms with Crippen LogP contribution in [0.3, 0.4) is 0 Å². The third kappa shape index (κ3) is 8.01. The lowest BCUT2D eigenvalue weighted by Gasteiger charge is -2.34. The van der Waals surface area contributed by atoms with Gasteiger partial charge in [0.25, 0.3) is 0 Å². The molecule has 3 aromatic carbocycles. The van der Waals surface area contributed by atoms with Crippen LogP contribution in [0.4, 0.5) is 0 Å². The predicted octanol–water partition coefficient (Wildman–Crippen LogP) is 7.36. The summed E-state index contributed by atoms with van der Waals surface area (Å²) in [4.78, 5) is 17.2. The molecule has 0 bridgehead atoms. The minimum atomic E-state index is 0.250. The number of halogens is 2. The fourth-order valence-electron chi connectivity index (χ4n) is 4.78. The second-order valence-corrected chi connectivity index (χ2v) is 11.8. The summed E-state index contributed by atoms with van der Waals surface area (Å²) in [6, 6.07) is 25.9. The van der Waals surface area contributed by atoms with E-state index in [1.54, 1.807) is 17.8 Å². The molecule has 6 nitrogen and oxygen atoms in total. The summed E-state index contributed by atoms with van der Waals surface area (Å²) in [5, 5.41) is 10.7. The van der Waals surface area contributed by atoms with Crippen LogP contribution < -0.4 is 0 Å². The highest BCUT2D eigenvalue weighted by atomic mass is 35.5. The molecular formula is C32H33Cl2N5OS. The standard InChI is InChI=1S/C32H33Cl2N5OS/c33-28-17-16-27(24-29(28)34)39-31(26-13-5-2-6-14-26)35-36-32(39)41-23-8-7-15-30(40)38-21-19-37(20-22-38)18-9-12-25-10-3-1-4-11-25/h1-6,9-14,16-17,24H,7-8,15,18-23H2.